The van der Waals surface area contributed by atoms with Gasteiger partial charge < -0.3 is 0 Å². The zero-order valence-electron chi connectivity index (χ0n) is 21.6. The minimum atomic E-state index is -1.94. The van der Waals surface area contributed by atoms with Crippen LogP contribution in [0.1, 0.15) is 91.9 Å². The van der Waals surface area contributed by atoms with E-state index in [0.29, 0.717) is 0 Å². The van der Waals surface area contributed by atoms with Gasteiger partial charge in [-0.25, -0.2) is 0 Å². The van der Waals surface area contributed by atoms with Gasteiger partial charge in [-0.1, -0.05) is 0 Å². The van der Waals surface area contributed by atoms with Gasteiger partial charge in [-0.3, -0.25) is 0 Å². The van der Waals surface area contributed by atoms with Crippen molar-refractivity contribution in [2.45, 2.75) is 115 Å². The van der Waals surface area contributed by atoms with Gasteiger partial charge in [0.1, 0.15) is 0 Å². The molecule has 2 aliphatic rings. The molecule has 0 aliphatic heterocycles. The van der Waals surface area contributed by atoms with Crippen molar-refractivity contribution in [3.63, 3.8) is 0 Å². The molecule has 4 rings (SSSR count). The molecule has 191 valence electrons. The van der Waals surface area contributed by atoms with E-state index in [0.717, 1.165) is 28.4 Å². The molecule has 0 atom stereocenters. The molecule has 0 heterocycles. The van der Waals surface area contributed by atoms with Crippen molar-refractivity contribution in [2.24, 2.45) is 0 Å². The van der Waals surface area contributed by atoms with Gasteiger partial charge >= 0.3 is 219 Å². The van der Waals surface area contributed by atoms with Crippen molar-refractivity contribution in [2.75, 3.05) is 0 Å². The van der Waals surface area contributed by atoms with Crippen LogP contribution in [0, 0.1) is 0 Å². The summed E-state index contributed by atoms with van der Waals surface area (Å²) < 4.78 is 12.8. The van der Waals surface area contributed by atoms with Crippen LogP contribution in [-0.4, -0.2) is 23.5 Å². The van der Waals surface area contributed by atoms with Gasteiger partial charge in [-0.05, 0) is 0 Å². The molecule has 0 radical (unpaired) electrons. The molecular weight excluding hydrogens is 530 g/mol. The molecule has 2 aromatic carbocycles. The van der Waals surface area contributed by atoms with Crippen molar-refractivity contribution >= 4 is 10.8 Å². The maximum atomic E-state index is 6.40. The average molecular weight is 574 g/mol. The van der Waals surface area contributed by atoms with Crippen LogP contribution < -0.4 is 14.8 Å². The third-order valence-corrected chi connectivity index (χ3v) is 17.4. The molecule has 0 saturated heterocycles. The van der Waals surface area contributed by atoms with Crippen LogP contribution in [0.5, 0.6) is 11.5 Å². The second-order valence-electron chi connectivity index (χ2n) is 10.9. The summed E-state index contributed by atoms with van der Waals surface area (Å²) in [5.74, 6) is 1.89. The Hall–Kier alpha value is -0.868. The number of ether oxygens (including phenoxy) is 2. The minimum absolute atomic E-state index is 0.116. The van der Waals surface area contributed by atoms with Crippen LogP contribution in [0.25, 0.3) is 11.1 Å². The van der Waals surface area contributed by atoms with Gasteiger partial charge in [-0.2, -0.15) is 0 Å². The number of rotatable bonds is 8. The van der Waals surface area contributed by atoms with E-state index in [4.69, 9.17) is 9.47 Å². The Labute approximate surface area is 218 Å². The van der Waals surface area contributed by atoms with E-state index in [2.05, 4.69) is 88.9 Å². The monoisotopic (exact) mass is 573 g/mol. The zero-order valence-corrected chi connectivity index (χ0v) is 24.1. The van der Waals surface area contributed by atoms with Gasteiger partial charge in [0.15, 0.2) is 0 Å². The number of hydrogen-bond donors (Lipinski definition) is 0. The number of benzene rings is 2. The predicted octanol–water partition coefficient (Wildman–Crippen LogP) is 8.43. The molecule has 2 aromatic rings. The third-order valence-electron chi connectivity index (χ3n) is 7.65. The van der Waals surface area contributed by atoms with E-state index in [9.17, 15) is 0 Å². The predicted molar refractivity (Wildman–Crippen MR) is 145 cm³/mol. The van der Waals surface area contributed by atoms with Gasteiger partial charge in [0.2, 0.25) is 0 Å². The van der Waals surface area contributed by atoms with Crippen LogP contribution >= 0.6 is 5.45 Å². The van der Waals surface area contributed by atoms with Crippen LogP contribution in [-0.2, 0) is 18.7 Å². The van der Waals surface area contributed by atoms with Crippen molar-refractivity contribution in [3.8, 4) is 22.6 Å². The summed E-state index contributed by atoms with van der Waals surface area (Å²) in [6.07, 6.45) is 14.1. The van der Waals surface area contributed by atoms with Crippen LogP contribution in [0.2, 0.25) is 0 Å². The Morgan fingerprint density at radius 3 is 1.62 bits per heavy atom. The first-order chi connectivity index (χ1) is 16.4. The molecule has 0 bridgehead atoms. The Morgan fingerprint density at radius 2 is 1.15 bits per heavy atom. The van der Waals surface area contributed by atoms with E-state index in [1.165, 1.54) is 69.8 Å². The first-order valence-electron chi connectivity index (χ1n) is 13.6. The summed E-state index contributed by atoms with van der Waals surface area (Å²) in [6, 6.07) is 15.6. The van der Waals surface area contributed by atoms with E-state index in [1.807, 2.05) is 0 Å². The molecular formula is C30H44O2PPd. The standard InChI is InChI=1S/C30H43O2P.Pd/c1-22(2)31-27-19-13-20-28(32-23(3)4)30(27)26-18-11-12-21-29(26)33(24-14-7-5-8-15-24)25-16-9-6-10-17-25;/h11-13,18-25H,5-10,14-17H2,1-4H3;/q;-1/p+1. The van der Waals surface area contributed by atoms with Gasteiger partial charge in [0.05, 0.1) is 0 Å². The zero-order chi connectivity index (χ0) is 24.1. The Morgan fingerprint density at radius 1 is 0.676 bits per heavy atom. The van der Waals surface area contributed by atoms with Gasteiger partial charge in [-0.15, -0.1) is 0 Å². The van der Waals surface area contributed by atoms with E-state index < -0.39 is 5.45 Å². The molecule has 2 nitrogen and oxygen atoms in total. The Balaban J connectivity index is 1.91. The topological polar surface area (TPSA) is 18.5 Å². The van der Waals surface area contributed by atoms with E-state index >= 15 is 0 Å². The second-order valence-corrected chi connectivity index (χ2v) is 18.4. The number of hydrogen-bond acceptors (Lipinski definition) is 2. The average Bonchev–Trinajstić information content (AvgIpc) is 2.84. The van der Waals surface area contributed by atoms with E-state index in [-0.39, 0.29) is 12.2 Å². The van der Waals surface area contributed by atoms with Crippen LogP contribution in [0.15, 0.2) is 42.5 Å². The molecule has 34 heavy (non-hydrogen) atoms. The van der Waals surface area contributed by atoms with Crippen molar-refractivity contribution in [3.05, 3.63) is 42.5 Å². The van der Waals surface area contributed by atoms with Crippen LogP contribution in [0.4, 0.5) is 0 Å². The summed E-state index contributed by atoms with van der Waals surface area (Å²) in [5.41, 5.74) is 2.19. The fourth-order valence-corrected chi connectivity index (χ4v) is 14.9. The Kier molecular flexibility index (Phi) is 9.18. The quantitative estimate of drug-likeness (QED) is 0.233. The van der Waals surface area contributed by atoms with Crippen molar-refractivity contribution < 1.29 is 28.2 Å². The molecule has 2 fully saturated rings. The molecule has 0 aromatic heterocycles. The molecule has 0 spiro atoms. The molecule has 4 heteroatoms. The molecule has 0 unspecified atom stereocenters. The first kappa shape index (κ1) is 26.2. The van der Waals surface area contributed by atoms with Crippen molar-refractivity contribution in [1.82, 2.24) is 0 Å². The van der Waals surface area contributed by atoms with Crippen LogP contribution in [0.3, 0.4) is 0 Å². The van der Waals surface area contributed by atoms with Gasteiger partial charge in [0, 0.05) is 0 Å². The summed E-state index contributed by atoms with van der Waals surface area (Å²) in [5, 5.41) is 1.59. The fraction of sp³-hybridized carbons (Fsp3) is 0.600. The summed E-state index contributed by atoms with van der Waals surface area (Å²) in [7, 11) is 0. The van der Waals surface area contributed by atoms with Crippen molar-refractivity contribution in [1.29, 1.82) is 0 Å². The normalized spacial score (nSPS) is 18.9. The Bertz CT molecular complexity index is 883. The first-order valence-corrected chi connectivity index (χ1v) is 17.9. The summed E-state index contributed by atoms with van der Waals surface area (Å²) in [6.45, 7) is 8.45. The van der Waals surface area contributed by atoms with E-state index in [1.54, 1.807) is 5.30 Å². The molecule has 0 amide bonds. The molecule has 2 saturated carbocycles. The molecule has 0 N–H and O–H groups in total. The molecule has 2 aliphatic carbocycles. The SMILES string of the molecule is CC(C)Oc1cccc(OC(C)C)c1-c1ccccc1[PH]([Pd])(C1CCCCC1)C1CCCCC1. The van der Waals surface area contributed by atoms with Gasteiger partial charge in [0.25, 0.3) is 0 Å². The summed E-state index contributed by atoms with van der Waals surface area (Å²) in [4.78, 5) is 0. The third kappa shape index (κ3) is 5.75. The second kappa shape index (κ2) is 11.9. The maximum absolute atomic E-state index is 6.40. The summed E-state index contributed by atoms with van der Waals surface area (Å²) >= 11 is 4.29. The fourth-order valence-electron chi connectivity index (χ4n) is 6.29.